The SMILES string of the molecule is O=C(O)CCc1ccc(OCCCN(c2ccccc2)c2ccccn2)cc1. The fourth-order valence-electron chi connectivity index (χ4n) is 2.91. The third-order valence-electron chi connectivity index (χ3n) is 4.34. The Kier molecular flexibility index (Phi) is 7.01. The van der Waals surface area contributed by atoms with Gasteiger partial charge >= 0.3 is 5.97 Å². The molecule has 144 valence electrons. The van der Waals surface area contributed by atoms with Crippen molar-refractivity contribution in [1.29, 1.82) is 0 Å². The fraction of sp³-hybridized carbons (Fsp3) is 0.217. The van der Waals surface area contributed by atoms with Crippen LogP contribution in [0.4, 0.5) is 11.5 Å². The molecule has 0 bridgehead atoms. The summed E-state index contributed by atoms with van der Waals surface area (Å²) in [4.78, 5) is 17.3. The van der Waals surface area contributed by atoms with Crippen molar-refractivity contribution in [3.8, 4) is 5.75 Å². The maximum Gasteiger partial charge on any atom is 0.303 e. The van der Waals surface area contributed by atoms with Crippen LogP contribution < -0.4 is 9.64 Å². The molecule has 3 aromatic rings. The molecule has 2 aromatic carbocycles. The van der Waals surface area contributed by atoms with Gasteiger partial charge in [-0.05, 0) is 54.8 Å². The van der Waals surface area contributed by atoms with Gasteiger partial charge in [0.05, 0.1) is 6.61 Å². The second-order valence-corrected chi connectivity index (χ2v) is 6.41. The summed E-state index contributed by atoms with van der Waals surface area (Å²) in [5.74, 6) is 0.927. The number of pyridine rings is 1. The first-order chi connectivity index (χ1) is 13.7. The molecule has 0 aliphatic rings. The van der Waals surface area contributed by atoms with Crippen LogP contribution in [0.25, 0.3) is 0 Å². The summed E-state index contributed by atoms with van der Waals surface area (Å²) in [6, 6.07) is 23.7. The van der Waals surface area contributed by atoms with Crippen molar-refractivity contribution < 1.29 is 14.6 Å². The van der Waals surface area contributed by atoms with Crippen LogP contribution in [-0.2, 0) is 11.2 Å². The molecule has 3 rings (SSSR count). The lowest BCUT2D eigenvalue weighted by Gasteiger charge is -2.23. The molecule has 0 saturated heterocycles. The second-order valence-electron chi connectivity index (χ2n) is 6.41. The van der Waals surface area contributed by atoms with Crippen LogP contribution in [0.2, 0.25) is 0 Å². The molecule has 0 aliphatic carbocycles. The highest BCUT2D eigenvalue weighted by molar-refractivity contribution is 5.67. The number of ether oxygens (including phenoxy) is 1. The molecule has 0 aliphatic heterocycles. The normalized spacial score (nSPS) is 10.4. The van der Waals surface area contributed by atoms with E-state index >= 15 is 0 Å². The quantitative estimate of drug-likeness (QED) is 0.519. The first kappa shape index (κ1) is 19.4. The number of aliphatic carboxylic acids is 1. The van der Waals surface area contributed by atoms with Crippen LogP contribution in [0.3, 0.4) is 0 Å². The Morgan fingerprint density at radius 2 is 1.71 bits per heavy atom. The maximum absolute atomic E-state index is 10.6. The Morgan fingerprint density at radius 1 is 0.964 bits per heavy atom. The van der Waals surface area contributed by atoms with Gasteiger partial charge in [-0.25, -0.2) is 4.98 Å². The lowest BCUT2D eigenvalue weighted by Crippen LogP contribution is -2.21. The average molecular weight is 376 g/mol. The number of carboxylic acid groups (broad SMARTS) is 1. The molecule has 28 heavy (non-hydrogen) atoms. The van der Waals surface area contributed by atoms with E-state index in [1.807, 2.05) is 60.7 Å². The maximum atomic E-state index is 10.6. The van der Waals surface area contributed by atoms with E-state index < -0.39 is 5.97 Å². The first-order valence-electron chi connectivity index (χ1n) is 9.39. The van der Waals surface area contributed by atoms with Crippen LogP contribution >= 0.6 is 0 Å². The van der Waals surface area contributed by atoms with Crippen molar-refractivity contribution in [3.63, 3.8) is 0 Å². The number of carbonyl (C=O) groups is 1. The van der Waals surface area contributed by atoms with Crippen molar-refractivity contribution in [3.05, 3.63) is 84.6 Å². The average Bonchev–Trinajstić information content (AvgIpc) is 2.74. The van der Waals surface area contributed by atoms with Gasteiger partial charge in [-0.3, -0.25) is 4.79 Å². The highest BCUT2D eigenvalue weighted by Gasteiger charge is 2.09. The van der Waals surface area contributed by atoms with Crippen LogP contribution in [0.5, 0.6) is 5.75 Å². The van der Waals surface area contributed by atoms with Gasteiger partial charge in [0.25, 0.3) is 0 Å². The summed E-state index contributed by atoms with van der Waals surface area (Å²) in [6.45, 7) is 1.38. The number of anilines is 2. The van der Waals surface area contributed by atoms with E-state index in [0.29, 0.717) is 13.0 Å². The predicted octanol–water partition coefficient (Wildman–Crippen LogP) is 4.71. The molecule has 0 fully saturated rings. The van der Waals surface area contributed by atoms with E-state index in [4.69, 9.17) is 9.84 Å². The molecule has 5 heteroatoms. The van der Waals surface area contributed by atoms with Crippen LogP contribution in [0.1, 0.15) is 18.4 Å². The van der Waals surface area contributed by atoms with Gasteiger partial charge in [0, 0.05) is 24.8 Å². The molecular weight excluding hydrogens is 352 g/mol. The number of para-hydroxylation sites is 1. The molecule has 1 aromatic heterocycles. The van der Waals surface area contributed by atoms with E-state index in [1.54, 1.807) is 6.20 Å². The number of aromatic nitrogens is 1. The van der Waals surface area contributed by atoms with Crippen molar-refractivity contribution >= 4 is 17.5 Å². The van der Waals surface area contributed by atoms with Crippen molar-refractivity contribution in [2.24, 2.45) is 0 Å². The number of hydrogen-bond donors (Lipinski definition) is 1. The number of hydrogen-bond acceptors (Lipinski definition) is 4. The summed E-state index contributed by atoms with van der Waals surface area (Å²) in [6.07, 6.45) is 3.31. The van der Waals surface area contributed by atoms with E-state index in [9.17, 15) is 4.79 Å². The van der Waals surface area contributed by atoms with Gasteiger partial charge in [-0.15, -0.1) is 0 Å². The number of benzene rings is 2. The second kappa shape index (κ2) is 10.1. The minimum Gasteiger partial charge on any atom is -0.494 e. The van der Waals surface area contributed by atoms with Gasteiger partial charge in [-0.2, -0.15) is 0 Å². The Bertz CT molecular complexity index is 813. The molecule has 5 nitrogen and oxygen atoms in total. The lowest BCUT2D eigenvalue weighted by atomic mass is 10.1. The minimum atomic E-state index is -0.781. The molecule has 0 radical (unpaired) electrons. The number of carboxylic acids is 1. The van der Waals surface area contributed by atoms with Gasteiger partial charge in [0.2, 0.25) is 0 Å². The van der Waals surface area contributed by atoms with E-state index in [2.05, 4.69) is 22.0 Å². The largest absolute Gasteiger partial charge is 0.494 e. The predicted molar refractivity (Wildman–Crippen MR) is 110 cm³/mol. The summed E-state index contributed by atoms with van der Waals surface area (Å²) in [7, 11) is 0. The minimum absolute atomic E-state index is 0.142. The molecule has 0 unspecified atom stereocenters. The highest BCUT2D eigenvalue weighted by atomic mass is 16.5. The monoisotopic (exact) mass is 376 g/mol. The Hall–Kier alpha value is -3.34. The molecule has 0 spiro atoms. The molecule has 1 heterocycles. The summed E-state index contributed by atoms with van der Waals surface area (Å²) >= 11 is 0. The fourth-order valence-corrected chi connectivity index (χ4v) is 2.91. The zero-order chi connectivity index (χ0) is 19.6. The van der Waals surface area contributed by atoms with Gasteiger partial charge in [-0.1, -0.05) is 36.4 Å². The summed E-state index contributed by atoms with van der Waals surface area (Å²) in [5, 5.41) is 8.75. The molecule has 0 saturated carbocycles. The standard InChI is InChI=1S/C23H24N2O3/c26-23(27)15-12-19-10-13-21(14-11-19)28-18-6-17-25(20-7-2-1-3-8-20)22-9-4-5-16-24-22/h1-5,7-11,13-14,16H,6,12,15,17-18H2,(H,26,27). The molecule has 0 amide bonds. The Labute approximate surface area is 165 Å². The molecule has 1 N–H and O–H groups in total. The van der Waals surface area contributed by atoms with E-state index in [1.165, 1.54) is 0 Å². The lowest BCUT2D eigenvalue weighted by molar-refractivity contribution is -0.136. The zero-order valence-electron chi connectivity index (χ0n) is 15.7. The molecular formula is C23H24N2O3. The Morgan fingerprint density at radius 3 is 2.39 bits per heavy atom. The third-order valence-corrected chi connectivity index (χ3v) is 4.34. The Balaban J connectivity index is 1.53. The first-order valence-corrected chi connectivity index (χ1v) is 9.39. The van der Waals surface area contributed by atoms with Crippen LogP contribution in [-0.4, -0.2) is 29.2 Å². The third kappa shape index (κ3) is 5.84. The number of nitrogens with zero attached hydrogens (tertiary/aromatic N) is 2. The van der Waals surface area contributed by atoms with Gasteiger partial charge in [0.15, 0.2) is 0 Å². The zero-order valence-corrected chi connectivity index (χ0v) is 15.7. The van der Waals surface area contributed by atoms with Gasteiger partial charge in [0.1, 0.15) is 11.6 Å². The van der Waals surface area contributed by atoms with Crippen LogP contribution in [0.15, 0.2) is 79.0 Å². The van der Waals surface area contributed by atoms with Gasteiger partial charge < -0.3 is 14.7 Å². The molecule has 0 atom stereocenters. The van der Waals surface area contributed by atoms with Crippen molar-refractivity contribution in [2.45, 2.75) is 19.3 Å². The smallest absolute Gasteiger partial charge is 0.303 e. The summed E-state index contributed by atoms with van der Waals surface area (Å²) < 4.78 is 5.85. The van der Waals surface area contributed by atoms with Crippen LogP contribution in [0, 0.1) is 0 Å². The van der Waals surface area contributed by atoms with E-state index in [-0.39, 0.29) is 6.42 Å². The number of aryl methyl sites for hydroxylation is 1. The summed E-state index contributed by atoms with van der Waals surface area (Å²) in [5.41, 5.74) is 2.10. The topological polar surface area (TPSA) is 62.7 Å². The number of rotatable bonds is 10. The van der Waals surface area contributed by atoms with E-state index in [0.717, 1.165) is 35.8 Å². The van der Waals surface area contributed by atoms with Crippen molar-refractivity contribution in [1.82, 2.24) is 4.98 Å². The van der Waals surface area contributed by atoms with Crippen molar-refractivity contribution in [2.75, 3.05) is 18.1 Å². The highest BCUT2D eigenvalue weighted by Crippen LogP contribution is 2.23.